The van der Waals surface area contributed by atoms with Crippen molar-refractivity contribution in [3.05, 3.63) is 24.3 Å². The first kappa shape index (κ1) is 16.3. The van der Waals surface area contributed by atoms with Crippen LogP contribution in [-0.4, -0.2) is 37.6 Å². The summed E-state index contributed by atoms with van der Waals surface area (Å²) in [5, 5.41) is 2.81. The van der Waals surface area contributed by atoms with Gasteiger partial charge in [0.1, 0.15) is 5.75 Å². The van der Waals surface area contributed by atoms with Crippen molar-refractivity contribution in [3.63, 3.8) is 0 Å². The molecule has 1 aromatic carbocycles. The van der Waals surface area contributed by atoms with E-state index in [0.717, 1.165) is 11.4 Å². The van der Waals surface area contributed by atoms with Crippen LogP contribution < -0.4 is 20.7 Å². The average molecular weight is 305 g/mol. The molecule has 1 heterocycles. The van der Waals surface area contributed by atoms with Crippen molar-refractivity contribution in [2.45, 2.75) is 25.8 Å². The molecule has 2 rings (SSSR count). The van der Waals surface area contributed by atoms with Crippen molar-refractivity contribution in [3.8, 4) is 5.75 Å². The Kier molecular flexibility index (Phi) is 4.71. The van der Waals surface area contributed by atoms with Crippen LogP contribution in [0.5, 0.6) is 5.75 Å². The van der Waals surface area contributed by atoms with Crippen LogP contribution in [0.3, 0.4) is 0 Å². The number of hydrogen-bond donors (Lipinski definition) is 2. The molecule has 0 radical (unpaired) electrons. The Labute approximate surface area is 130 Å². The molecule has 1 unspecified atom stereocenters. The Bertz CT molecular complexity index is 549. The molecule has 1 aliphatic rings. The number of benzene rings is 1. The van der Waals surface area contributed by atoms with Crippen molar-refractivity contribution in [1.29, 1.82) is 0 Å². The Morgan fingerprint density at radius 3 is 2.59 bits per heavy atom. The van der Waals surface area contributed by atoms with E-state index in [0.29, 0.717) is 13.1 Å². The van der Waals surface area contributed by atoms with E-state index in [1.165, 1.54) is 0 Å². The lowest BCUT2D eigenvalue weighted by Gasteiger charge is -2.21. The minimum absolute atomic E-state index is 0.0441. The topological polar surface area (TPSA) is 84.7 Å². The lowest BCUT2D eigenvalue weighted by molar-refractivity contribution is -0.126. The first-order valence-corrected chi connectivity index (χ1v) is 7.31. The number of ether oxygens (including phenoxy) is 1. The highest BCUT2D eigenvalue weighted by Gasteiger charge is 2.35. The quantitative estimate of drug-likeness (QED) is 0.846. The molecular formula is C16H23N3O3. The highest BCUT2D eigenvalue weighted by molar-refractivity contribution is 6.00. The third kappa shape index (κ3) is 3.98. The molecule has 1 aliphatic heterocycles. The maximum absolute atomic E-state index is 12.1. The van der Waals surface area contributed by atoms with E-state index in [-0.39, 0.29) is 24.2 Å². The molecule has 3 N–H and O–H groups in total. The molecule has 1 aromatic rings. The standard InChI is InChI=1S/C16H23N3O3/c1-16(2,17)10-18-15(21)11-8-14(20)19(9-11)12-4-6-13(22-3)7-5-12/h4-7,11H,8-10,17H2,1-3H3,(H,18,21). The van der Waals surface area contributed by atoms with Gasteiger partial charge in [-0.05, 0) is 38.1 Å². The van der Waals surface area contributed by atoms with Crippen LogP contribution in [0, 0.1) is 5.92 Å². The second-order valence-corrected chi connectivity index (χ2v) is 6.31. The van der Waals surface area contributed by atoms with E-state index in [4.69, 9.17) is 10.5 Å². The Morgan fingerprint density at radius 1 is 1.41 bits per heavy atom. The summed E-state index contributed by atoms with van der Waals surface area (Å²) in [7, 11) is 1.59. The van der Waals surface area contributed by atoms with Gasteiger partial charge in [-0.3, -0.25) is 9.59 Å². The second kappa shape index (κ2) is 6.36. The molecule has 6 heteroatoms. The fourth-order valence-electron chi connectivity index (χ4n) is 2.35. The van der Waals surface area contributed by atoms with Gasteiger partial charge in [0.05, 0.1) is 13.0 Å². The van der Waals surface area contributed by atoms with Crippen LogP contribution in [0.1, 0.15) is 20.3 Å². The van der Waals surface area contributed by atoms with Crippen molar-refractivity contribution in [2.75, 3.05) is 25.1 Å². The average Bonchev–Trinajstić information content (AvgIpc) is 2.86. The van der Waals surface area contributed by atoms with Gasteiger partial charge in [-0.25, -0.2) is 0 Å². The van der Waals surface area contributed by atoms with E-state index in [1.807, 2.05) is 26.0 Å². The monoisotopic (exact) mass is 305 g/mol. The lowest BCUT2D eigenvalue weighted by Crippen LogP contribution is -2.46. The molecule has 0 spiro atoms. The van der Waals surface area contributed by atoms with Gasteiger partial charge < -0.3 is 20.7 Å². The smallest absolute Gasteiger partial charge is 0.227 e. The highest BCUT2D eigenvalue weighted by atomic mass is 16.5. The van der Waals surface area contributed by atoms with Crippen LogP contribution in [0.15, 0.2) is 24.3 Å². The van der Waals surface area contributed by atoms with Crippen molar-refractivity contribution >= 4 is 17.5 Å². The van der Waals surface area contributed by atoms with E-state index in [1.54, 1.807) is 24.1 Å². The van der Waals surface area contributed by atoms with Gasteiger partial charge in [-0.15, -0.1) is 0 Å². The minimum Gasteiger partial charge on any atom is -0.497 e. The van der Waals surface area contributed by atoms with Gasteiger partial charge in [0, 0.05) is 30.7 Å². The summed E-state index contributed by atoms with van der Waals surface area (Å²) in [6.45, 7) is 4.47. The van der Waals surface area contributed by atoms with Gasteiger partial charge in [0.15, 0.2) is 0 Å². The molecule has 0 saturated carbocycles. The van der Waals surface area contributed by atoms with Crippen molar-refractivity contribution in [1.82, 2.24) is 5.32 Å². The molecule has 0 bridgehead atoms. The zero-order valence-corrected chi connectivity index (χ0v) is 13.3. The van der Waals surface area contributed by atoms with Crippen LogP contribution in [0.4, 0.5) is 5.69 Å². The summed E-state index contributed by atoms with van der Waals surface area (Å²) < 4.78 is 5.10. The number of carbonyl (C=O) groups is 2. The molecule has 6 nitrogen and oxygen atoms in total. The summed E-state index contributed by atoms with van der Waals surface area (Å²) in [6, 6.07) is 7.24. The van der Waals surface area contributed by atoms with E-state index >= 15 is 0 Å². The predicted molar refractivity (Wildman–Crippen MR) is 84.7 cm³/mol. The fourth-order valence-corrected chi connectivity index (χ4v) is 2.35. The Balaban J connectivity index is 1.99. The molecule has 1 saturated heterocycles. The normalized spacial score (nSPS) is 18.5. The predicted octanol–water partition coefficient (Wildman–Crippen LogP) is 0.902. The van der Waals surface area contributed by atoms with Crippen LogP contribution in [0.2, 0.25) is 0 Å². The number of nitrogens with two attached hydrogens (primary N) is 1. The highest BCUT2D eigenvalue weighted by Crippen LogP contribution is 2.26. The number of hydrogen-bond acceptors (Lipinski definition) is 4. The fraction of sp³-hybridized carbons (Fsp3) is 0.500. The molecule has 22 heavy (non-hydrogen) atoms. The number of methoxy groups -OCH3 is 1. The second-order valence-electron chi connectivity index (χ2n) is 6.31. The SMILES string of the molecule is COc1ccc(N2CC(C(=O)NCC(C)(C)N)CC2=O)cc1. The van der Waals surface area contributed by atoms with Crippen molar-refractivity contribution in [2.24, 2.45) is 11.7 Å². The first-order valence-electron chi connectivity index (χ1n) is 7.31. The lowest BCUT2D eigenvalue weighted by atomic mass is 10.1. The van der Waals surface area contributed by atoms with E-state index < -0.39 is 5.54 Å². The summed E-state index contributed by atoms with van der Waals surface area (Å²) in [5.41, 5.74) is 6.17. The summed E-state index contributed by atoms with van der Waals surface area (Å²) in [4.78, 5) is 25.9. The largest absolute Gasteiger partial charge is 0.497 e. The number of rotatable bonds is 5. The molecule has 0 aromatic heterocycles. The number of anilines is 1. The van der Waals surface area contributed by atoms with E-state index in [9.17, 15) is 9.59 Å². The number of amides is 2. The Morgan fingerprint density at radius 2 is 2.05 bits per heavy atom. The third-order valence-corrected chi connectivity index (χ3v) is 3.60. The van der Waals surface area contributed by atoms with Crippen molar-refractivity contribution < 1.29 is 14.3 Å². The number of nitrogens with zero attached hydrogens (tertiary/aromatic N) is 1. The molecule has 1 atom stereocenters. The van der Waals surface area contributed by atoms with Gasteiger partial charge in [-0.2, -0.15) is 0 Å². The zero-order valence-electron chi connectivity index (χ0n) is 13.3. The van der Waals surface area contributed by atoms with Crippen LogP contribution >= 0.6 is 0 Å². The summed E-state index contributed by atoms with van der Waals surface area (Å²) >= 11 is 0. The summed E-state index contributed by atoms with van der Waals surface area (Å²) in [6.07, 6.45) is 0.225. The molecule has 120 valence electrons. The number of carbonyl (C=O) groups excluding carboxylic acids is 2. The number of nitrogens with one attached hydrogen (secondary N) is 1. The van der Waals surface area contributed by atoms with E-state index in [2.05, 4.69) is 5.32 Å². The molecule has 1 fully saturated rings. The first-order chi connectivity index (χ1) is 10.3. The van der Waals surface area contributed by atoms with Gasteiger partial charge in [0.2, 0.25) is 11.8 Å². The molecular weight excluding hydrogens is 282 g/mol. The van der Waals surface area contributed by atoms with Crippen LogP contribution in [0.25, 0.3) is 0 Å². The minimum atomic E-state index is -0.464. The van der Waals surface area contributed by atoms with Gasteiger partial charge in [-0.1, -0.05) is 0 Å². The van der Waals surface area contributed by atoms with Gasteiger partial charge in [0.25, 0.3) is 0 Å². The maximum Gasteiger partial charge on any atom is 0.227 e. The zero-order chi connectivity index (χ0) is 16.3. The third-order valence-electron chi connectivity index (χ3n) is 3.60. The maximum atomic E-state index is 12.1. The summed E-state index contributed by atoms with van der Waals surface area (Å²) in [5.74, 6) is 0.229. The Hall–Kier alpha value is -2.08. The molecule has 2 amide bonds. The van der Waals surface area contributed by atoms with Crippen LogP contribution in [-0.2, 0) is 9.59 Å². The molecule has 0 aliphatic carbocycles. The van der Waals surface area contributed by atoms with Gasteiger partial charge >= 0.3 is 0 Å².